The van der Waals surface area contributed by atoms with E-state index >= 15 is 0 Å². The highest BCUT2D eigenvalue weighted by atomic mass is 16.5. The normalized spacial score (nSPS) is 10.8. The number of carbonyl (C=O) groups excluding carboxylic acids is 1. The van der Waals surface area contributed by atoms with Crippen molar-refractivity contribution in [3.63, 3.8) is 0 Å². The summed E-state index contributed by atoms with van der Waals surface area (Å²) in [6.07, 6.45) is 3.49. The minimum absolute atomic E-state index is 0.301. The topological polar surface area (TPSA) is 55.6 Å². The Balaban J connectivity index is 2.48. The summed E-state index contributed by atoms with van der Waals surface area (Å²) in [5, 5.41) is 4.02. The highest BCUT2D eigenvalue weighted by Gasteiger charge is 2.23. The third-order valence-electron chi connectivity index (χ3n) is 2.77. The van der Waals surface area contributed by atoms with Gasteiger partial charge in [-0.15, -0.1) is 0 Å². The van der Waals surface area contributed by atoms with Gasteiger partial charge in [0.25, 0.3) is 0 Å². The molecule has 0 saturated carbocycles. The van der Waals surface area contributed by atoms with Crippen molar-refractivity contribution in [3.05, 3.63) is 47.9 Å². The van der Waals surface area contributed by atoms with E-state index in [1.165, 1.54) is 0 Å². The molecule has 0 fully saturated rings. The second kappa shape index (κ2) is 6.74. The van der Waals surface area contributed by atoms with Gasteiger partial charge in [-0.1, -0.05) is 35.5 Å². The van der Waals surface area contributed by atoms with Gasteiger partial charge in [0, 0.05) is 31.9 Å². The van der Waals surface area contributed by atoms with Gasteiger partial charge in [0.05, 0.1) is 6.61 Å². The smallest absolute Gasteiger partial charge is 0.344 e. The lowest BCUT2D eigenvalue weighted by atomic mass is 10.1. The fourth-order valence-electron chi connectivity index (χ4n) is 1.83. The summed E-state index contributed by atoms with van der Waals surface area (Å²) in [4.78, 5) is 14.0. The number of ether oxygens (including phenoxy) is 1. The van der Waals surface area contributed by atoms with Crippen LogP contribution >= 0.6 is 0 Å². The van der Waals surface area contributed by atoms with Crippen LogP contribution in [0, 0.1) is 0 Å². The van der Waals surface area contributed by atoms with Crippen molar-refractivity contribution in [2.75, 3.05) is 20.7 Å². The number of esters is 1. The summed E-state index contributed by atoms with van der Waals surface area (Å²) in [5.74, 6) is -0.0444. The van der Waals surface area contributed by atoms with Crippen LogP contribution in [0.5, 0.6) is 0 Å². The van der Waals surface area contributed by atoms with E-state index in [-0.39, 0.29) is 0 Å². The van der Waals surface area contributed by atoms with E-state index in [9.17, 15) is 4.79 Å². The van der Waals surface area contributed by atoms with Crippen LogP contribution in [0.25, 0.3) is 17.3 Å². The van der Waals surface area contributed by atoms with Crippen molar-refractivity contribution in [2.24, 2.45) is 0 Å². The van der Waals surface area contributed by atoms with E-state index in [1.807, 2.05) is 49.3 Å². The molecule has 110 valence electrons. The monoisotopic (exact) mass is 286 g/mol. The summed E-state index contributed by atoms with van der Waals surface area (Å²) in [6.45, 7) is 2.07. The SMILES string of the molecule is CCOC(=O)c1c(-c2ccccc2)noc1C=CN(C)C. The van der Waals surface area contributed by atoms with Gasteiger partial charge in [0.2, 0.25) is 0 Å². The fourth-order valence-corrected chi connectivity index (χ4v) is 1.83. The first-order valence-corrected chi connectivity index (χ1v) is 6.70. The van der Waals surface area contributed by atoms with Gasteiger partial charge in [0.15, 0.2) is 5.76 Å². The van der Waals surface area contributed by atoms with Crippen molar-refractivity contribution < 1.29 is 14.1 Å². The van der Waals surface area contributed by atoms with E-state index < -0.39 is 5.97 Å². The maximum Gasteiger partial charge on any atom is 0.344 e. The van der Waals surface area contributed by atoms with Crippen LogP contribution in [0.4, 0.5) is 0 Å². The van der Waals surface area contributed by atoms with Gasteiger partial charge in [-0.3, -0.25) is 0 Å². The molecule has 2 rings (SSSR count). The molecule has 0 spiro atoms. The molecule has 0 aliphatic rings. The zero-order valence-electron chi connectivity index (χ0n) is 12.4. The van der Waals surface area contributed by atoms with Gasteiger partial charge in [-0.05, 0) is 6.92 Å². The van der Waals surface area contributed by atoms with Gasteiger partial charge in [0.1, 0.15) is 11.3 Å². The van der Waals surface area contributed by atoms with Crippen molar-refractivity contribution >= 4 is 12.0 Å². The molecule has 21 heavy (non-hydrogen) atoms. The number of nitrogens with zero attached hydrogens (tertiary/aromatic N) is 2. The second-order valence-corrected chi connectivity index (χ2v) is 4.64. The molecule has 1 heterocycles. The Morgan fingerprint density at radius 3 is 2.67 bits per heavy atom. The van der Waals surface area contributed by atoms with Crippen molar-refractivity contribution in [1.29, 1.82) is 0 Å². The first kappa shape index (κ1) is 14.8. The Morgan fingerprint density at radius 1 is 1.33 bits per heavy atom. The highest BCUT2D eigenvalue weighted by molar-refractivity contribution is 5.99. The summed E-state index contributed by atoms with van der Waals surface area (Å²) in [5.41, 5.74) is 1.66. The number of benzene rings is 1. The van der Waals surface area contributed by atoms with E-state index in [2.05, 4.69) is 5.16 Å². The Kier molecular flexibility index (Phi) is 4.77. The van der Waals surface area contributed by atoms with E-state index in [0.29, 0.717) is 23.6 Å². The summed E-state index contributed by atoms with van der Waals surface area (Å²) >= 11 is 0. The number of aromatic nitrogens is 1. The molecule has 2 aromatic rings. The zero-order valence-corrected chi connectivity index (χ0v) is 12.4. The van der Waals surface area contributed by atoms with Gasteiger partial charge < -0.3 is 14.2 Å². The molecule has 0 atom stereocenters. The summed E-state index contributed by atoms with van der Waals surface area (Å²) < 4.78 is 10.4. The molecule has 0 unspecified atom stereocenters. The maximum absolute atomic E-state index is 12.2. The Hall–Kier alpha value is -2.56. The molecule has 0 N–H and O–H groups in total. The molecule has 5 nitrogen and oxygen atoms in total. The number of rotatable bonds is 5. The molecule has 0 saturated heterocycles. The fraction of sp³-hybridized carbons (Fsp3) is 0.250. The van der Waals surface area contributed by atoms with Crippen LogP contribution < -0.4 is 0 Å². The lowest BCUT2D eigenvalue weighted by Crippen LogP contribution is -2.07. The number of hydrogen-bond acceptors (Lipinski definition) is 5. The molecule has 1 aromatic carbocycles. The lowest BCUT2D eigenvalue weighted by molar-refractivity contribution is 0.0526. The standard InChI is InChI=1S/C16H18N2O3/c1-4-20-16(19)14-13(10-11-18(2)3)21-17-15(14)12-8-6-5-7-9-12/h5-11H,4H2,1-3H3. The molecule has 0 aliphatic heterocycles. The molecule has 0 bridgehead atoms. The van der Waals surface area contributed by atoms with Crippen molar-refractivity contribution in [1.82, 2.24) is 10.1 Å². The summed E-state index contributed by atoms with van der Waals surface area (Å²) in [7, 11) is 3.77. The third-order valence-corrected chi connectivity index (χ3v) is 2.77. The van der Waals surface area contributed by atoms with Crippen LogP contribution in [-0.2, 0) is 4.74 Å². The molecule has 0 radical (unpaired) electrons. The van der Waals surface area contributed by atoms with Crippen LogP contribution in [0.1, 0.15) is 23.0 Å². The van der Waals surface area contributed by atoms with E-state index in [1.54, 1.807) is 19.2 Å². The third kappa shape index (κ3) is 3.51. The number of carbonyl (C=O) groups is 1. The van der Waals surface area contributed by atoms with E-state index in [0.717, 1.165) is 5.56 Å². The van der Waals surface area contributed by atoms with Crippen LogP contribution in [0.2, 0.25) is 0 Å². The first-order chi connectivity index (χ1) is 10.1. The molecule has 1 aromatic heterocycles. The minimum Gasteiger partial charge on any atom is -0.462 e. The Morgan fingerprint density at radius 2 is 2.05 bits per heavy atom. The molecule has 0 aliphatic carbocycles. The zero-order chi connectivity index (χ0) is 15.2. The van der Waals surface area contributed by atoms with Gasteiger partial charge in [-0.25, -0.2) is 4.79 Å². The Bertz CT molecular complexity index is 630. The van der Waals surface area contributed by atoms with Gasteiger partial charge in [-0.2, -0.15) is 0 Å². The minimum atomic E-state index is -0.434. The summed E-state index contributed by atoms with van der Waals surface area (Å²) in [6, 6.07) is 9.42. The maximum atomic E-state index is 12.2. The first-order valence-electron chi connectivity index (χ1n) is 6.70. The van der Waals surface area contributed by atoms with Crippen molar-refractivity contribution in [3.8, 4) is 11.3 Å². The number of hydrogen-bond donors (Lipinski definition) is 0. The van der Waals surface area contributed by atoms with Crippen LogP contribution in [0.15, 0.2) is 41.1 Å². The molecule has 5 heteroatoms. The molecular formula is C16H18N2O3. The Labute approximate surface area is 123 Å². The lowest BCUT2D eigenvalue weighted by Gasteiger charge is -2.04. The van der Waals surface area contributed by atoms with Crippen LogP contribution in [-0.4, -0.2) is 36.7 Å². The highest BCUT2D eigenvalue weighted by Crippen LogP contribution is 2.27. The second-order valence-electron chi connectivity index (χ2n) is 4.64. The quantitative estimate of drug-likeness (QED) is 0.791. The van der Waals surface area contributed by atoms with Crippen molar-refractivity contribution in [2.45, 2.75) is 6.92 Å². The van der Waals surface area contributed by atoms with E-state index in [4.69, 9.17) is 9.26 Å². The predicted molar refractivity (Wildman–Crippen MR) is 80.6 cm³/mol. The van der Waals surface area contributed by atoms with Gasteiger partial charge >= 0.3 is 5.97 Å². The van der Waals surface area contributed by atoms with Crippen LogP contribution in [0.3, 0.4) is 0 Å². The predicted octanol–water partition coefficient (Wildman–Crippen LogP) is 3.05. The largest absolute Gasteiger partial charge is 0.462 e. The molecular weight excluding hydrogens is 268 g/mol. The average Bonchev–Trinajstić information content (AvgIpc) is 2.90. The molecule has 0 amide bonds. The average molecular weight is 286 g/mol.